The number of fused-ring (bicyclic) bond motifs is 1. The van der Waals surface area contributed by atoms with Crippen molar-refractivity contribution < 1.29 is 13.6 Å². The molecule has 0 aliphatic heterocycles. The summed E-state index contributed by atoms with van der Waals surface area (Å²) in [7, 11) is 0. The number of nitrogens with one attached hydrogen (secondary N) is 3. The van der Waals surface area contributed by atoms with Crippen molar-refractivity contribution in [3.8, 4) is 11.3 Å². The Morgan fingerprint density at radius 1 is 0.886 bits per heavy atom. The van der Waals surface area contributed by atoms with Gasteiger partial charge < -0.3 is 10.6 Å². The molecule has 10 heteroatoms. The number of H-pyrrole nitrogens is 1. The zero-order valence-corrected chi connectivity index (χ0v) is 18.3. The van der Waals surface area contributed by atoms with Crippen LogP contribution in [0.1, 0.15) is 21.5 Å². The van der Waals surface area contributed by atoms with E-state index in [1.54, 1.807) is 36.9 Å². The van der Waals surface area contributed by atoms with Gasteiger partial charge in [-0.05, 0) is 47.5 Å². The number of aromatic nitrogens is 5. The quantitative estimate of drug-likeness (QED) is 0.328. The van der Waals surface area contributed by atoms with Crippen LogP contribution in [0.2, 0.25) is 0 Å². The minimum Gasteiger partial charge on any atom is -0.365 e. The SMILES string of the molecule is O=C(NCc1ccc(F)c(F)c1)c1cccnc1NCc1ccc(-c2cnc3[nH]ncc3c2)nc1. The summed E-state index contributed by atoms with van der Waals surface area (Å²) in [6.45, 7) is 0.446. The van der Waals surface area contributed by atoms with Gasteiger partial charge in [0.1, 0.15) is 5.82 Å². The van der Waals surface area contributed by atoms with Crippen molar-refractivity contribution in [2.45, 2.75) is 13.1 Å². The molecular formula is C25H19F2N7O. The lowest BCUT2D eigenvalue weighted by molar-refractivity contribution is 0.0951. The summed E-state index contributed by atoms with van der Waals surface area (Å²) in [6.07, 6.45) is 6.77. The molecule has 8 nitrogen and oxygen atoms in total. The maximum atomic E-state index is 13.4. The first-order valence-corrected chi connectivity index (χ1v) is 10.7. The number of hydrogen-bond donors (Lipinski definition) is 3. The molecule has 5 aromatic rings. The third-order valence-electron chi connectivity index (χ3n) is 5.36. The lowest BCUT2D eigenvalue weighted by Crippen LogP contribution is -2.24. The second kappa shape index (κ2) is 9.64. The molecule has 0 radical (unpaired) electrons. The number of halogens is 2. The van der Waals surface area contributed by atoms with Crippen molar-refractivity contribution in [3.63, 3.8) is 0 Å². The predicted molar refractivity (Wildman–Crippen MR) is 126 cm³/mol. The number of benzene rings is 1. The second-order valence-electron chi connectivity index (χ2n) is 7.77. The van der Waals surface area contributed by atoms with Gasteiger partial charge in [-0.15, -0.1) is 0 Å². The minimum atomic E-state index is -0.960. The molecule has 174 valence electrons. The largest absolute Gasteiger partial charge is 0.365 e. The summed E-state index contributed by atoms with van der Waals surface area (Å²) in [5.41, 5.74) is 4.05. The number of rotatable bonds is 7. The van der Waals surface area contributed by atoms with Crippen LogP contribution in [-0.4, -0.2) is 31.1 Å². The number of aromatic amines is 1. The first kappa shape index (κ1) is 22.1. The first-order valence-electron chi connectivity index (χ1n) is 10.7. The fraction of sp³-hybridized carbons (Fsp3) is 0.0800. The predicted octanol–water partition coefficient (Wildman–Crippen LogP) is 4.24. The van der Waals surface area contributed by atoms with Gasteiger partial charge in [0.2, 0.25) is 0 Å². The summed E-state index contributed by atoms with van der Waals surface area (Å²) < 4.78 is 26.5. The van der Waals surface area contributed by atoms with Crippen LogP contribution in [0.15, 0.2) is 73.3 Å². The third-order valence-corrected chi connectivity index (χ3v) is 5.36. The Labute approximate surface area is 198 Å². The van der Waals surface area contributed by atoms with Crippen LogP contribution >= 0.6 is 0 Å². The van der Waals surface area contributed by atoms with Crippen molar-refractivity contribution in [1.82, 2.24) is 30.5 Å². The van der Waals surface area contributed by atoms with Crippen molar-refractivity contribution in [2.24, 2.45) is 0 Å². The Morgan fingerprint density at radius 2 is 1.77 bits per heavy atom. The van der Waals surface area contributed by atoms with Gasteiger partial charge in [-0.25, -0.2) is 18.7 Å². The van der Waals surface area contributed by atoms with E-state index in [-0.39, 0.29) is 12.5 Å². The number of carbonyl (C=O) groups is 1. The van der Waals surface area contributed by atoms with Crippen LogP contribution in [-0.2, 0) is 13.1 Å². The van der Waals surface area contributed by atoms with Crippen LogP contribution in [0, 0.1) is 11.6 Å². The standard InChI is InChI=1S/C25H19F2N7O/c26-20-5-3-15(8-21(20)27)10-32-25(35)19-2-1-7-28-24(19)30-12-16-4-6-22(29-11-16)17-9-18-14-33-34-23(18)31-13-17/h1-9,11,13-14H,10,12H2,(H,28,30)(H,32,35)(H,31,33,34). The molecule has 0 unspecified atom stereocenters. The lowest BCUT2D eigenvalue weighted by atomic mass is 10.1. The van der Waals surface area contributed by atoms with Crippen molar-refractivity contribution >= 4 is 22.8 Å². The first-order chi connectivity index (χ1) is 17.1. The molecule has 0 aliphatic rings. The maximum Gasteiger partial charge on any atom is 0.255 e. The number of nitrogens with zero attached hydrogens (tertiary/aromatic N) is 4. The Bertz CT molecular complexity index is 1500. The topological polar surface area (TPSA) is 108 Å². The summed E-state index contributed by atoms with van der Waals surface area (Å²) in [5, 5.41) is 13.6. The van der Waals surface area contributed by atoms with E-state index in [2.05, 4.69) is 35.8 Å². The molecule has 0 saturated heterocycles. The van der Waals surface area contributed by atoms with Crippen LogP contribution < -0.4 is 10.6 Å². The highest BCUT2D eigenvalue weighted by molar-refractivity contribution is 5.98. The molecule has 0 fully saturated rings. The molecule has 4 heterocycles. The fourth-order valence-electron chi connectivity index (χ4n) is 3.52. The molecule has 1 amide bonds. The molecule has 0 atom stereocenters. The normalized spacial score (nSPS) is 10.9. The van der Waals surface area contributed by atoms with Gasteiger partial charge >= 0.3 is 0 Å². The molecule has 1 aromatic carbocycles. The monoisotopic (exact) mass is 471 g/mol. The fourth-order valence-corrected chi connectivity index (χ4v) is 3.52. The second-order valence-corrected chi connectivity index (χ2v) is 7.77. The Morgan fingerprint density at radius 3 is 2.60 bits per heavy atom. The minimum absolute atomic E-state index is 0.0508. The van der Waals surface area contributed by atoms with Gasteiger partial charge in [-0.2, -0.15) is 5.10 Å². The summed E-state index contributed by atoms with van der Waals surface area (Å²) in [4.78, 5) is 25.8. The maximum absolute atomic E-state index is 13.4. The molecule has 0 bridgehead atoms. The van der Waals surface area contributed by atoms with E-state index >= 15 is 0 Å². The van der Waals surface area contributed by atoms with E-state index in [1.165, 1.54) is 6.07 Å². The van der Waals surface area contributed by atoms with Gasteiger partial charge in [-0.1, -0.05) is 12.1 Å². The van der Waals surface area contributed by atoms with Gasteiger partial charge in [0.25, 0.3) is 5.91 Å². The highest BCUT2D eigenvalue weighted by Crippen LogP contribution is 2.20. The molecule has 0 aliphatic carbocycles. The van der Waals surface area contributed by atoms with E-state index < -0.39 is 11.6 Å². The molecular weight excluding hydrogens is 452 g/mol. The van der Waals surface area contributed by atoms with E-state index in [4.69, 9.17) is 0 Å². The van der Waals surface area contributed by atoms with Gasteiger partial charge in [0, 0.05) is 42.6 Å². The van der Waals surface area contributed by atoms with E-state index in [0.29, 0.717) is 23.5 Å². The molecule has 0 spiro atoms. The Hall–Kier alpha value is -4.73. The molecule has 35 heavy (non-hydrogen) atoms. The summed E-state index contributed by atoms with van der Waals surface area (Å²) >= 11 is 0. The Kier molecular flexibility index (Phi) is 6.08. The molecule has 3 N–H and O–H groups in total. The Balaban J connectivity index is 1.23. The highest BCUT2D eigenvalue weighted by Gasteiger charge is 2.13. The number of pyridine rings is 3. The average Bonchev–Trinajstić information content (AvgIpc) is 3.36. The number of carbonyl (C=O) groups excluding carboxylic acids is 1. The van der Waals surface area contributed by atoms with E-state index in [0.717, 1.165) is 40.0 Å². The molecule has 4 aromatic heterocycles. The van der Waals surface area contributed by atoms with Crippen molar-refractivity contribution in [3.05, 3.63) is 102 Å². The van der Waals surface area contributed by atoms with Gasteiger partial charge in [-0.3, -0.25) is 14.9 Å². The number of amides is 1. The summed E-state index contributed by atoms with van der Waals surface area (Å²) in [5.74, 6) is -1.88. The lowest BCUT2D eigenvalue weighted by Gasteiger charge is -2.12. The number of hydrogen-bond acceptors (Lipinski definition) is 6. The van der Waals surface area contributed by atoms with Gasteiger partial charge in [0.15, 0.2) is 17.3 Å². The number of anilines is 1. The van der Waals surface area contributed by atoms with Gasteiger partial charge in [0.05, 0.1) is 17.5 Å². The molecule has 0 saturated carbocycles. The van der Waals surface area contributed by atoms with E-state index in [9.17, 15) is 13.6 Å². The highest BCUT2D eigenvalue weighted by atomic mass is 19.2. The smallest absolute Gasteiger partial charge is 0.255 e. The van der Waals surface area contributed by atoms with Crippen LogP contribution in [0.5, 0.6) is 0 Å². The van der Waals surface area contributed by atoms with Crippen molar-refractivity contribution in [2.75, 3.05) is 5.32 Å². The zero-order chi connectivity index (χ0) is 24.2. The van der Waals surface area contributed by atoms with E-state index in [1.807, 2.05) is 18.2 Å². The van der Waals surface area contributed by atoms with Crippen LogP contribution in [0.3, 0.4) is 0 Å². The molecule has 5 rings (SSSR count). The van der Waals surface area contributed by atoms with Crippen LogP contribution in [0.25, 0.3) is 22.3 Å². The zero-order valence-electron chi connectivity index (χ0n) is 18.3. The van der Waals surface area contributed by atoms with Crippen molar-refractivity contribution in [1.29, 1.82) is 0 Å². The van der Waals surface area contributed by atoms with Crippen LogP contribution in [0.4, 0.5) is 14.6 Å². The summed E-state index contributed by atoms with van der Waals surface area (Å²) in [6, 6.07) is 12.6. The average molecular weight is 471 g/mol. The third kappa shape index (κ3) is 4.96.